The third kappa shape index (κ3) is 7.13. The number of amides is 2. The fraction of sp³-hybridized carbons (Fsp3) is 0.800. The number of likely N-dealkylation sites (tertiary alicyclic amines) is 1. The van der Waals surface area contributed by atoms with Crippen molar-refractivity contribution in [3.8, 4) is 0 Å². The van der Waals surface area contributed by atoms with Crippen molar-refractivity contribution in [2.24, 2.45) is 22.4 Å². The second-order valence-corrected chi connectivity index (χ2v) is 7.99. The van der Waals surface area contributed by atoms with Gasteiger partial charge in [-0.2, -0.15) is 0 Å². The maximum absolute atomic E-state index is 12.7. The van der Waals surface area contributed by atoms with Gasteiger partial charge in [-0.3, -0.25) is 14.6 Å². The van der Waals surface area contributed by atoms with Gasteiger partial charge in [-0.25, -0.2) is 0 Å². The molecule has 8 nitrogen and oxygen atoms in total. The number of hydrogen-bond acceptors (Lipinski definition) is 4. The highest BCUT2D eigenvalue weighted by Gasteiger charge is 2.34. The highest BCUT2D eigenvalue weighted by molar-refractivity contribution is 5.89. The van der Waals surface area contributed by atoms with Crippen LogP contribution >= 0.6 is 0 Å². The number of rotatable bonds is 10. The van der Waals surface area contributed by atoms with Crippen LogP contribution in [0.15, 0.2) is 4.99 Å². The van der Waals surface area contributed by atoms with E-state index >= 15 is 0 Å². The molecule has 2 rings (SSSR count). The van der Waals surface area contributed by atoms with Crippen molar-refractivity contribution in [1.82, 2.24) is 10.2 Å². The molecule has 1 aliphatic carbocycles. The summed E-state index contributed by atoms with van der Waals surface area (Å²) in [5.41, 5.74) is 10.5. The van der Waals surface area contributed by atoms with Crippen LogP contribution in [0.1, 0.15) is 70.6 Å². The summed E-state index contributed by atoms with van der Waals surface area (Å²) in [4.78, 5) is 42.2. The summed E-state index contributed by atoms with van der Waals surface area (Å²) < 4.78 is 0. The number of aliphatic imine (C=N–C) groups is 1. The van der Waals surface area contributed by atoms with E-state index in [0.29, 0.717) is 44.7 Å². The largest absolute Gasteiger partial charge is 0.370 e. The quantitative estimate of drug-likeness (QED) is 0.221. The van der Waals surface area contributed by atoms with Crippen LogP contribution in [0.2, 0.25) is 0 Å². The molecule has 1 saturated heterocycles. The van der Waals surface area contributed by atoms with Crippen molar-refractivity contribution in [2.75, 3.05) is 13.1 Å². The molecule has 0 bridgehead atoms. The molecular weight excluding hydrogens is 358 g/mol. The first kappa shape index (κ1) is 22.2. The molecule has 2 atom stereocenters. The summed E-state index contributed by atoms with van der Waals surface area (Å²) in [6, 6.07) is -1.04. The molecule has 8 heteroatoms. The Morgan fingerprint density at radius 2 is 1.89 bits per heavy atom. The van der Waals surface area contributed by atoms with E-state index in [9.17, 15) is 14.4 Å². The molecule has 0 aromatic heterocycles. The van der Waals surface area contributed by atoms with Crippen molar-refractivity contribution >= 4 is 24.1 Å². The van der Waals surface area contributed by atoms with E-state index in [1.807, 2.05) is 0 Å². The van der Waals surface area contributed by atoms with Gasteiger partial charge >= 0.3 is 0 Å². The van der Waals surface area contributed by atoms with Crippen LogP contribution in [-0.4, -0.2) is 54.1 Å². The number of hydrogen-bond donors (Lipinski definition) is 3. The number of nitrogens with two attached hydrogens (primary N) is 2. The van der Waals surface area contributed by atoms with Crippen molar-refractivity contribution < 1.29 is 14.4 Å². The van der Waals surface area contributed by atoms with E-state index in [2.05, 4.69) is 10.3 Å². The summed E-state index contributed by atoms with van der Waals surface area (Å²) >= 11 is 0. The summed E-state index contributed by atoms with van der Waals surface area (Å²) in [6.07, 6.45) is 11.0. The van der Waals surface area contributed by atoms with Crippen LogP contribution in [0.4, 0.5) is 0 Å². The van der Waals surface area contributed by atoms with E-state index in [-0.39, 0.29) is 17.8 Å². The Balaban J connectivity index is 1.79. The van der Waals surface area contributed by atoms with Crippen LogP contribution in [0.5, 0.6) is 0 Å². The van der Waals surface area contributed by atoms with Gasteiger partial charge in [0.05, 0.1) is 6.04 Å². The highest BCUT2D eigenvalue weighted by atomic mass is 16.2. The lowest BCUT2D eigenvalue weighted by molar-refractivity contribution is -0.139. The molecule has 0 unspecified atom stereocenters. The smallest absolute Gasteiger partial charge is 0.243 e. The molecule has 28 heavy (non-hydrogen) atoms. The fourth-order valence-electron chi connectivity index (χ4n) is 4.26. The zero-order valence-electron chi connectivity index (χ0n) is 16.8. The number of carbonyl (C=O) groups excluding carboxylic acids is 3. The molecule has 0 spiro atoms. The van der Waals surface area contributed by atoms with Crippen molar-refractivity contribution in [2.45, 2.75) is 82.7 Å². The summed E-state index contributed by atoms with van der Waals surface area (Å²) in [6.45, 7) is 1.04. The molecule has 0 aromatic carbocycles. The number of aldehydes is 1. The predicted molar refractivity (Wildman–Crippen MR) is 108 cm³/mol. The third-order valence-electron chi connectivity index (χ3n) is 5.83. The lowest BCUT2D eigenvalue weighted by atomic mass is 9.86. The highest BCUT2D eigenvalue weighted by Crippen LogP contribution is 2.28. The van der Waals surface area contributed by atoms with Gasteiger partial charge in [0.2, 0.25) is 11.8 Å². The van der Waals surface area contributed by atoms with E-state index < -0.39 is 12.1 Å². The first-order chi connectivity index (χ1) is 13.5. The second kappa shape index (κ2) is 11.7. The summed E-state index contributed by atoms with van der Waals surface area (Å²) in [5.74, 6) is 0.498. The molecule has 2 aliphatic rings. The first-order valence-corrected chi connectivity index (χ1v) is 10.6. The van der Waals surface area contributed by atoms with Gasteiger partial charge < -0.3 is 26.5 Å². The predicted octanol–water partition coefficient (Wildman–Crippen LogP) is 1.08. The number of nitrogens with zero attached hydrogens (tertiary/aromatic N) is 2. The Bertz CT molecular complexity index is 556. The van der Waals surface area contributed by atoms with Gasteiger partial charge in [0.15, 0.2) is 5.96 Å². The van der Waals surface area contributed by atoms with Crippen LogP contribution < -0.4 is 16.8 Å². The minimum absolute atomic E-state index is 0.0139. The Morgan fingerprint density at radius 1 is 1.14 bits per heavy atom. The molecule has 1 saturated carbocycles. The Kier molecular flexibility index (Phi) is 9.23. The molecule has 1 heterocycles. The van der Waals surface area contributed by atoms with E-state index in [1.165, 1.54) is 32.1 Å². The maximum atomic E-state index is 12.7. The van der Waals surface area contributed by atoms with Crippen molar-refractivity contribution in [1.29, 1.82) is 0 Å². The van der Waals surface area contributed by atoms with E-state index in [0.717, 1.165) is 19.1 Å². The summed E-state index contributed by atoms with van der Waals surface area (Å²) in [5, 5.41) is 2.78. The fourth-order valence-corrected chi connectivity index (χ4v) is 4.26. The van der Waals surface area contributed by atoms with E-state index in [1.54, 1.807) is 4.90 Å². The Hall–Kier alpha value is -2.12. The molecule has 1 aliphatic heterocycles. The Morgan fingerprint density at radius 3 is 2.57 bits per heavy atom. The average molecular weight is 394 g/mol. The second-order valence-electron chi connectivity index (χ2n) is 7.99. The lowest BCUT2D eigenvalue weighted by Gasteiger charge is -2.27. The standard InChI is InChI=1S/C20H35N5O3/c21-20(22)23-12-4-8-16(14-26)24-19(28)17-9-5-13-25(17)18(27)11-10-15-6-2-1-3-7-15/h14-17H,1-13H2,(H,24,28)(H4,21,22,23)/t16-,17-/m0/s1. The first-order valence-electron chi connectivity index (χ1n) is 10.6. The van der Waals surface area contributed by atoms with Crippen molar-refractivity contribution in [3.05, 3.63) is 0 Å². The van der Waals surface area contributed by atoms with Gasteiger partial charge in [0.1, 0.15) is 12.3 Å². The number of guanidine groups is 1. The minimum Gasteiger partial charge on any atom is -0.370 e. The molecule has 5 N–H and O–H groups in total. The zero-order chi connectivity index (χ0) is 20.4. The van der Waals surface area contributed by atoms with Crippen LogP contribution in [0.25, 0.3) is 0 Å². The number of nitrogens with one attached hydrogen (secondary N) is 1. The maximum Gasteiger partial charge on any atom is 0.243 e. The zero-order valence-corrected chi connectivity index (χ0v) is 16.8. The SMILES string of the molecule is NC(N)=NCCC[C@@H](C=O)NC(=O)[C@@H]1CCCN1C(=O)CCC1CCCCC1. The molecular formula is C20H35N5O3. The van der Waals surface area contributed by atoms with Crippen LogP contribution in [-0.2, 0) is 14.4 Å². The topological polar surface area (TPSA) is 131 Å². The van der Waals surface area contributed by atoms with Gasteiger partial charge in [-0.15, -0.1) is 0 Å². The van der Waals surface area contributed by atoms with Crippen LogP contribution in [0.3, 0.4) is 0 Å². The molecule has 2 fully saturated rings. The van der Waals surface area contributed by atoms with Crippen LogP contribution in [0, 0.1) is 5.92 Å². The van der Waals surface area contributed by atoms with Gasteiger partial charge in [0, 0.05) is 19.5 Å². The van der Waals surface area contributed by atoms with E-state index in [4.69, 9.17) is 11.5 Å². The monoisotopic (exact) mass is 393 g/mol. The molecule has 0 aromatic rings. The molecule has 2 amide bonds. The normalized spacial score (nSPS) is 21.1. The third-order valence-corrected chi connectivity index (χ3v) is 5.83. The van der Waals surface area contributed by atoms with Gasteiger partial charge in [0.25, 0.3) is 0 Å². The summed E-state index contributed by atoms with van der Waals surface area (Å²) in [7, 11) is 0. The molecule has 0 radical (unpaired) electrons. The van der Waals surface area contributed by atoms with Gasteiger partial charge in [-0.1, -0.05) is 32.1 Å². The Labute approximate surface area is 167 Å². The minimum atomic E-state index is -0.582. The number of carbonyl (C=O) groups is 3. The lowest BCUT2D eigenvalue weighted by Crippen LogP contribution is -2.49. The molecule has 158 valence electrons. The van der Waals surface area contributed by atoms with Crippen molar-refractivity contribution in [3.63, 3.8) is 0 Å². The van der Waals surface area contributed by atoms with Gasteiger partial charge in [-0.05, 0) is 38.0 Å². The average Bonchev–Trinajstić information content (AvgIpc) is 3.19.